The number of anilines is 2. The number of aromatic nitrogens is 6. The van der Waals surface area contributed by atoms with E-state index in [1.54, 1.807) is 19.9 Å². The summed E-state index contributed by atoms with van der Waals surface area (Å²) >= 11 is 0. The molecule has 0 atom stereocenters. The minimum Gasteiger partial charge on any atom is -0.476 e. The smallest absolute Gasteiger partial charge is 0.417 e. The number of nitrogens with zero attached hydrogens (tertiary/aromatic N) is 8. The monoisotopic (exact) mass is 840 g/mol. The van der Waals surface area contributed by atoms with Crippen LogP contribution in [0.25, 0.3) is 33.8 Å². The summed E-state index contributed by atoms with van der Waals surface area (Å²) in [6.07, 6.45) is -9.13. The van der Waals surface area contributed by atoms with E-state index in [1.165, 1.54) is 53.9 Å². The van der Waals surface area contributed by atoms with Gasteiger partial charge in [0.25, 0.3) is 0 Å². The summed E-state index contributed by atoms with van der Waals surface area (Å²) in [5.74, 6) is -1.88. The molecule has 0 radical (unpaired) electrons. The molecule has 2 aliphatic heterocycles. The van der Waals surface area contributed by atoms with Crippen LogP contribution in [0.2, 0.25) is 0 Å². The number of benzene rings is 2. The fraction of sp³-hybridized carbons (Fsp3) is 0.350. The number of ether oxygens (including phenoxy) is 3. The number of hydrogen-bond acceptors (Lipinski definition) is 11. The molecule has 4 aromatic heterocycles. The Labute approximate surface area is 337 Å². The van der Waals surface area contributed by atoms with Crippen molar-refractivity contribution in [1.82, 2.24) is 29.2 Å². The molecule has 0 amide bonds. The van der Waals surface area contributed by atoms with Gasteiger partial charge in [-0.1, -0.05) is 36.4 Å². The third-order valence-corrected chi connectivity index (χ3v) is 9.87. The average molecular weight is 841 g/mol. The molecule has 0 aliphatic carbocycles. The number of alkyl halides is 6. The Morgan fingerprint density at radius 2 is 1.08 bits per heavy atom. The number of carbonyl (C=O) groups excluding carboxylic acids is 1. The number of carboxylic acid groups (broad SMARTS) is 1. The van der Waals surface area contributed by atoms with Gasteiger partial charge in [0.15, 0.2) is 22.7 Å². The lowest BCUT2D eigenvalue weighted by molar-refractivity contribution is -0.137. The van der Waals surface area contributed by atoms with Crippen molar-refractivity contribution in [2.24, 2.45) is 0 Å². The number of esters is 1. The first-order chi connectivity index (χ1) is 28.6. The molecular formula is C40H38F6N8O6. The van der Waals surface area contributed by atoms with E-state index >= 15 is 0 Å². The largest absolute Gasteiger partial charge is 0.476 e. The molecular weight excluding hydrogens is 802 g/mol. The molecule has 6 aromatic rings. The predicted molar refractivity (Wildman–Crippen MR) is 205 cm³/mol. The molecule has 0 unspecified atom stereocenters. The van der Waals surface area contributed by atoms with Gasteiger partial charge in [-0.15, -0.1) is 0 Å². The molecule has 1 N–H and O–H groups in total. The first-order valence-corrected chi connectivity index (χ1v) is 18.8. The molecule has 6 heterocycles. The van der Waals surface area contributed by atoms with Gasteiger partial charge in [-0.25, -0.2) is 28.6 Å². The molecule has 2 aromatic carbocycles. The van der Waals surface area contributed by atoms with E-state index in [-0.39, 0.29) is 51.9 Å². The van der Waals surface area contributed by atoms with E-state index in [2.05, 4.69) is 20.2 Å². The van der Waals surface area contributed by atoms with Crippen LogP contribution in [0.4, 0.5) is 37.7 Å². The highest BCUT2D eigenvalue weighted by atomic mass is 19.4. The van der Waals surface area contributed by atoms with Crippen LogP contribution in [0.15, 0.2) is 60.7 Å². The van der Waals surface area contributed by atoms with E-state index in [0.717, 1.165) is 16.6 Å². The van der Waals surface area contributed by atoms with E-state index in [1.807, 2.05) is 9.80 Å². The van der Waals surface area contributed by atoms with E-state index in [9.17, 15) is 41.0 Å². The van der Waals surface area contributed by atoms with Crippen LogP contribution < -0.4 is 9.80 Å². The number of rotatable bonds is 7. The third-order valence-electron chi connectivity index (χ3n) is 9.87. The van der Waals surface area contributed by atoms with Crippen LogP contribution in [-0.2, 0) is 26.6 Å². The number of halogens is 6. The van der Waals surface area contributed by atoms with Crippen LogP contribution in [0.1, 0.15) is 50.4 Å². The van der Waals surface area contributed by atoms with Gasteiger partial charge in [0.2, 0.25) is 0 Å². The number of fused-ring (bicyclic) bond motifs is 2. The molecule has 0 bridgehead atoms. The molecule has 60 heavy (non-hydrogen) atoms. The second-order valence-corrected chi connectivity index (χ2v) is 13.7. The minimum absolute atomic E-state index is 0.0202. The number of carbonyl (C=O) groups is 2. The zero-order chi connectivity index (χ0) is 42.9. The van der Waals surface area contributed by atoms with Crippen molar-refractivity contribution in [3.8, 4) is 22.5 Å². The Bertz CT molecular complexity index is 2560. The third kappa shape index (κ3) is 8.29. The van der Waals surface area contributed by atoms with Crippen LogP contribution in [-0.4, -0.2) is 105 Å². The number of aryl methyl sites for hydroxylation is 2. The first kappa shape index (κ1) is 41.9. The molecule has 20 heteroatoms. The van der Waals surface area contributed by atoms with E-state index in [0.29, 0.717) is 75.3 Å². The van der Waals surface area contributed by atoms with Crippen molar-refractivity contribution in [2.45, 2.75) is 33.1 Å². The van der Waals surface area contributed by atoms with Gasteiger partial charge in [0.1, 0.15) is 0 Å². The Balaban J connectivity index is 0.000000182. The highest BCUT2D eigenvalue weighted by Gasteiger charge is 2.36. The summed E-state index contributed by atoms with van der Waals surface area (Å²) in [7, 11) is 0. The number of hydrogen-bond donors (Lipinski definition) is 1. The van der Waals surface area contributed by atoms with Gasteiger partial charge in [0.05, 0.1) is 78.3 Å². The van der Waals surface area contributed by atoms with Crippen LogP contribution >= 0.6 is 0 Å². The van der Waals surface area contributed by atoms with Crippen molar-refractivity contribution in [3.05, 3.63) is 94.6 Å². The number of imidazole rings is 2. The lowest BCUT2D eigenvalue weighted by Crippen LogP contribution is -2.36. The minimum atomic E-state index is -4.58. The first-order valence-electron chi connectivity index (χ1n) is 18.8. The highest BCUT2D eigenvalue weighted by Crippen LogP contribution is 2.40. The lowest BCUT2D eigenvalue weighted by atomic mass is 10.0. The summed E-state index contributed by atoms with van der Waals surface area (Å²) in [5.41, 5.74) is 0.586. The van der Waals surface area contributed by atoms with Crippen molar-refractivity contribution in [3.63, 3.8) is 0 Å². The molecule has 2 saturated heterocycles. The quantitative estimate of drug-likeness (QED) is 0.130. The van der Waals surface area contributed by atoms with Gasteiger partial charge < -0.3 is 29.1 Å². The van der Waals surface area contributed by atoms with Crippen LogP contribution in [0.5, 0.6) is 0 Å². The van der Waals surface area contributed by atoms with Crippen LogP contribution in [0, 0.1) is 13.8 Å². The summed E-state index contributed by atoms with van der Waals surface area (Å²) < 4.78 is 99.9. The molecule has 14 nitrogen and oxygen atoms in total. The van der Waals surface area contributed by atoms with Gasteiger partial charge in [-0.3, -0.25) is 0 Å². The number of aromatic carboxylic acids is 1. The molecule has 0 spiro atoms. The summed E-state index contributed by atoms with van der Waals surface area (Å²) in [5, 5.41) is 18.2. The van der Waals surface area contributed by atoms with E-state index < -0.39 is 35.4 Å². The van der Waals surface area contributed by atoms with Gasteiger partial charge in [-0.05, 0) is 45.0 Å². The van der Waals surface area contributed by atoms with E-state index in [4.69, 9.17) is 14.2 Å². The maximum atomic E-state index is 13.7. The molecule has 2 fully saturated rings. The topological polar surface area (TPSA) is 149 Å². The van der Waals surface area contributed by atoms with Gasteiger partial charge in [-0.2, -0.15) is 36.5 Å². The van der Waals surface area contributed by atoms with Gasteiger partial charge in [0, 0.05) is 37.3 Å². The van der Waals surface area contributed by atoms with Gasteiger partial charge >= 0.3 is 24.3 Å². The molecule has 2 aliphatic rings. The number of carboxylic acids is 1. The lowest BCUT2D eigenvalue weighted by Gasteiger charge is -2.29. The van der Waals surface area contributed by atoms with Crippen LogP contribution in [0.3, 0.4) is 0 Å². The molecule has 316 valence electrons. The highest BCUT2D eigenvalue weighted by molar-refractivity contribution is 5.92. The molecule has 8 rings (SSSR count). The summed E-state index contributed by atoms with van der Waals surface area (Å²) in [4.78, 5) is 37.0. The van der Waals surface area contributed by atoms with Crippen molar-refractivity contribution in [2.75, 3.05) is 69.0 Å². The Kier molecular flexibility index (Phi) is 11.7. The second-order valence-electron chi connectivity index (χ2n) is 13.7. The fourth-order valence-corrected chi connectivity index (χ4v) is 7.15. The maximum Gasteiger partial charge on any atom is 0.417 e. The summed E-state index contributed by atoms with van der Waals surface area (Å²) in [6.45, 7) is 8.97. The maximum absolute atomic E-state index is 13.7. The SMILES string of the molecule is CCOC(=O)c1c(C)nc2c(N3CCOCC3)cc(-c3ccccc3C(F)(F)F)nn12.Cc1nc2c(N3CCOCC3)cc(-c3ccccc3C(F)(F)F)nn2c1C(=O)O. The normalized spacial score (nSPS) is 14.9. The number of morpholine rings is 2. The predicted octanol–water partition coefficient (Wildman–Crippen LogP) is 7.00. The Morgan fingerprint density at radius 3 is 1.48 bits per heavy atom. The zero-order valence-corrected chi connectivity index (χ0v) is 32.5. The molecule has 0 saturated carbocycles. The Hall–Kier alpha value is -6.28. The van der Waals surface area contributed by atoms with Crippen molar-refractivity contribution < 1.29 is 55.2 Å². The fourth-order valence-electron chi connectivity index (χ4n) is 7.15. The van der Waals surface area contributed by atoms with Crippen molar-refractivity contribution in [1.29, 1.82) is 0 Å². The standard InChI is InChI=1S/C21H21F3N4O3.C19H17F3N4O3/c1-3-31-20(29)18-13(2)25-19-17(27-8-10-30-11-9-27)12-16(26-28(18)19)14-6-4-5-7-15(14)21(22,23)24;1-11-16(18(27)28)26-17(23-11)15(25-6-8-29-9-7-25)10-14(24-26)12-4-2-3-5-13(12)19(20,21)22/h4-7,12H,3,8-11H2,1-2H3;2-5,10H,6-9H2,1H3,(H,27,28). The average Bonchev–Trinajstić information content (AvgIpc) is 3.75. The second kappa shape index (κ2) is 16.8. The Morgan fingerprint density at radius 1 is 0.683 bits per heavy atom. The zero-order valence-electron chi connectivity index (χ0n) is 32.5. The summed E-state index contributed by atoms with van der Waals surface area (Å²) in [6, 6.07) is 13.5. The van der Waals surface area contributed by atoms with Crippen molar-refractivity contribution >= 4 is 34.6 Å².